The molecule has 0 heterocycles. The molecule has 23 heavy (non-hydrogen) atoms. The first-order valence-corrected chi connectivity index (χ1v) is 8.06. The third-order valence-corrected chi connectivity index (χ3v) is 4.54. The van der Waals surface area contributed by atoms with Crippen molar-refractivity contribution >= 4 is 17.3 Å². The number of aliphatic hydroxyl groups is 1. The normalized spacial score (nSPS) is 23.5. The van der Waals surface area contributed by atoms with E-state index in [1.165, 1.54) is 6.07 Å². The van der Waals surface area contributed by atoms with Crippen LogP contribution in [0.1, 0.15) is 42.5 Å². The van der Waals surface area contributed by atoms with Crippen LogP contribution in [0.15, 0.2) is 18.2 Å². The lowest BCUT2D eigenvalue weighted by Gasteiger charge is -2.15. The molecule has 0 saturated heterocycles. The fourth-order valence-electron chi connectivity index (χ4n) is 2.97. The molecule has 0 spiro atoms. The van der Waals surface area contributed by atoms with Crippen molar-refractivity contribution in [3.05, 3.63) is 33.9 Å². The monoisotopic (exact) mass is 319 g/mol. The number of aliphatic hydroxyl groups excluding tert-OH is 1. The lowest BCUT2D eigenvalue weighted by Crippen LogP contribution is -2.32. The number of nitrogens with zero attached hydrogens (tertiary/aromatic N) is 1. The number of hydrogen-bond donors (Lipinski definition) is 3. The van der Waals surface area contributed by atoms with Gasteiger partial charge in [-0.1, -0.05) is 6.42 Å². The third-order valence-electron chi connectivity index (χ3n) is 4.54. The number of hydrogen-bond acceptors (Lipinski definition) is 5. The van der Waals surface area contributed by atoms with Crippen molar-refractivity contribution in [3.63, 3.8) is 0 Å². The standard InChI is InChI=1S/C16H21N3O4/c20-15-3-1-2-11(15)9-17-16(21)10-4-7-13(18-12-5-6-12)14(8-10)19(22)23/h4,7-8,11-12,15,18,20H,1-3,5-6,9H2,(H,17,21). The van der Waals surface area contributed by atoms with Crippen molar-refractivity contribution < 1.29 is 14.8 Å². The average Bonchev–Trinajstić information content (AvgIpc) is 3.25. The topological polar surface area (TPSA) is 104 Å². The van der Waals surface area contributed by atoms with Crippen LogP contribution in [0.5, 0.6) is 0 Å². The van der Waals surface area contributed by atoms with Crippen molar-refractivity contribution in [1.82, 2.24) is 5.32 Å². The second-order valence-corrected chi connectivity index (χ2v) is 6.38. The van der Waals surface area contributed by atoms with Gasteiger partial charge in [-0.25, -0.2) is 0 Å². The van der Waals surface area contributed by atoms with Crippen molar-refractivity contribution in [2.75, 3.05) is 11.9 Å². The summed E-state index contributed by atoms with van der Waals surface area (Å²) in [5.41, 5.74) is 0.649. The molecule has 1 aromatic carbocycles. The number of nitro groups is 1. The lowest BCUT2D eigenvalue weighted by atomic mass is 10.1. The van der Waals surface area contributed by atoms with E-state index in [4.69, 9.17) is 0 Å². The Morgan fingerprint density at radius 1 is 1.30 bits per heavy atom. The van der Waals surface area contributed by atoms with Crippen LogP contribution >= 0.6 is 0 Å². The molecule has 1 amide bonds. The van der Waals surface area contributed by atoms with Gasteiger partial charge in [-0.15, -0.1) is 0 Å². The summed E-state index contributed by atoms with van der Waals surface area (Å²) in [6, 6.07) is 4.80. The van der Waals surface area contributed by atoms with E-state index in [0.29, 0.717) is 18.3 Å². The molecule has 7 nitrogen and oxygen atoms in total. The Morgan fingerprint density at radius 2 is 2.09 bits per heavy atom. The highest BCUT2D eigenvalue weighted by Crippen LogP contribution is 2.31. The van der Waals surface area contributed by atoms with Crippen LogP contribution in [0, 0.1) is 16.0 Å². The number of anilines is 1. The van der Waals surface area contributed by atoms with Gasteiger partial charge < -0.3 is 15.7 Å². The molecule has 0 radical (unpaired) electrons. The molecule has 0 bridgehead atoms. The van der Waals surface area contributed by atoms with Crippen LogP contribution in [0.25, 0.3) is 0 Å². The van der Waals surface area contributed by atoms with E-state index in [-0.39, 0.29) is 29.2 Å². The molecule has 3 N–H and O–H groups in total. The quantitative estimate of drug-likeness (QED) is 0.550. The molecule has 0 aromatic heterocycles. The summed E-state index contributed by atoms with van der Waals surface area (Å²) in [5.74, 6) is -0.269. The molecule has 1 aromatic rings. The van der Waals surface area contributed by atoms with E-state index in [2.05, 4.69) is 10.6 Å². The van der Waals surface area contributed by atoms with Crippen LogP contribution in [0.4, 0.5) is 11.4 Å². The highest BCUT2D eigenvalue weighted by Gasteiger charge is 2.27. The number of benzene rings is 1. The van der Waals surface area contributed by atoms with Gasteiger partial charge in [-0.05, 0) is 37.8 Å². The van der Waals surface area contributed by atoms with Crippen LogP contribution in [-0.4, -0.2) is 34.6 Å². The molecule has 3 rings (SSSR count). The lowest BCUT2D eigenvalue weighted by molar-refractivity contribution is -0.384. The Bertz CT molecular complexity index is 615. The first kappa shape index (κ1) is 15.7. The zero-order valence-electron chi connectivity index (χ0n) is 12.8. The molecule has 2 atom stereocenters. The fraction of sp³-hybridized carbons (Fsp3) is 0.562. The van der Waals surface area contributed by atoms with Gasteiger partial charge in [0.1, 0.15) is 5.69 Å². The SMILES string of the molecule is O=C(NCC1CCCC1O)c1ccc(NC2CC2)c([N+](=O)[O-])c1. The minimum Gasteiger partial charge on any atom is -0.393 e. The molecule has 2 aliphatic rings. The second-order valence-electron chi connectivity index (χ2n) is 6.38. The highest BCUT2D eigenvalue weighted by molar-refractivity contribution is 5.95. The zero-order chi connectivity index (χ0) is 16.4. The minimum atomic E-state index is -0.470. The van der Waals surface area contributed by atoms with Crippen LogP contribution < -0.4 is 10.6 Å². The Balaban J connectivity index is 1.67. The maximum atomic E-state index is 12.2. The molecule has 2 unspecified atom stereocenters. The number of carbonyl (C=O) groups is 1. The number of rotatable bonds is 6. The first-order chi connectivity index (χ1) is 11.0. The number of carbonyl (C=O) groups excluding carboxylic acids is 1. The van der Waals surface area contributed by atoms with Gasteiger partial charge in [0, 0.05) is 30.1 Å². The van der Waals surface area contributed by atoms with Gasteiger partial charge in [0.15, 0.2) is 0 Å². The smallest absolute Gasteiger partial charge is 0.293 e. The van der Waals surface area contributed by atoms with Crippen LogP contribution in [0.2, 0.25) is 0 Å². The molecular weight excluding hydrogens is 298 g/mol. The van der Waals surface area contributed by atoms with Gasteiger partial charge in [0.2, 0.25) is 0 Å². The van der Waals surface area contributed by atoms with Gasteiger partial charge >= 0.3 is 0 Å². The van der Waals surface area contributed by atoms with E-state index in [9.17, 15) is 20.0 Å². The Labute approximate surface area is 134 Å². The van der Waals surface area contributed by atoms with Gasteiger partial charge in [0.05, 0.1) is 11.0 Å². The summed E-state index contributed by atoms with van der Waals surface area (Å²) in [4.78, 5) is 22.9. The maximum absolute atomic E-state index is 12.2. The number of nitrogens with one attached hydrogen (secondary N) is 2. The summed E-state index contributed by atoms with van der Waals surface area (Å²) in [6.45, 7) is 0.399. The van der Waals surface area contributed by atoms with E-state index in [1.54, 1.807) is 12.1 Å². The maximum Gasteiger partial charge on any atom is 0.293 e. The molecule has 2 saturated carbocycles. The molecule has 2 aliphatic carbocycles. The largest absolute Gasteiger partial charge is 0.393 e. The average molecular weight is 319 g/mol. The summed E-state index contributed by atoms with van der Waals surface area (Å²) in [7, 11) is 0. The predicted molar refractivity (Wildman–Crippen MR) is 85.4 cm³/mol. The number of nitro benzene ring substituents is 1. The predicted octanol–water partition coefficient (Wildman–Crippen LogP) is 2.06. The summed E-state index contributed by atoms with van der Waals surface area (Å²) < 4.78 is 0. The number of amides is 1. The van der Waals surface area contributed by atoms with Crippen LogP contribution in [-0.2, 0) is 0 Å². The molecular formula is C16H21N3O4. The van der Waals surface area contributed by atoms with E-state index >= 15 is 0 Å². The van der Waals surface area contributed by atoms with E-state index in [0.717, 1.165) is 32.1 Å². The molecule has 0 aliphatic heterocycles. The zero-order valence-corrected chi connectivity index (χ0v) is 12.8. The fourth-order valence-corrected chi connectivity index (χ4v) is 2.97. The Kier molecular flexibility index (Phi) is 4.47. The van der Waals surface area contributed by atoms with E-state index in [1.807, 2.05) is 0 Å². The van der Waals surface area contributed by atoms with Crippen molar-refractivity contribution in [1.29, 1.82) is 0 Å². The van der Waals surface area contributed by atoms with Gasteiger partial charge in [-0.2, -0.15) is 0 Å². The van der Waals surface area contributed by atoms with Gasteiger partial charge in [-0.3, -0.25) is 14.9 Å². The third kappa shape index (κ3) is 3.79. The van der Waals surface area contributed by atoms with Gasteiger partial charge in [0.25, 0.3) is 11.6 Å². The second kappa shape index (κ2) is 6.54. The molecule has 2 fully saturated rings. The van der Waals surface area contributed by atoms with Crippen LogP contribution in [0.3, 0.4) is 0 Å². The summed E-state index contributed by atoms with van der Waals surface area (Å²) >= 11 is 0. The van der Waals surface area contributed by atoms with Crippen molar-refractivity contribution in [3.8, 4) is 0 Å². The Hall–Kier alpha value is -2.15. The summed E-state index contributed by atoms with van der Waals surface area (Å²) in [6.07, 6.45) is 4.30. The first-order valence-electron chi connectivity index (χ1n) is 8.06. The van der Waals surface area contributed by atoms with Crippen molar-refractivity contribution in [2.45, 2.75) is 44.2 Å². The molecule has 124 valence electrons. The molecule has 7 heteroatoms. The van der Waals surface area contributed by atoms with Crippen molar-refractivity contribution in [2.24, 2.45) is 5.92 Å². The minimum absolute atomic E-state index is 0.0738. The highest BCUT2D eigenvalue weighted by atomic mass is 16.6. The Morgan fingerprint density at radius 3 is 2.70 bits per heavy atom. The summed E-state index contributed by atoms with van der Waals surface area (Å²) in [5, 5.41) is 26.9. The van der Waals surface area contributed by atoms with E-state index < -0.39 is 4.92 Å².